The van der Waals surface area contributed by atoms with Crippen LogP contribution in [-0.4, -0.2) is 35.6 Å². The van der Waals surface area contributed by atoms with E-state index in [1.807, 2.05) is 56.4 Å². The summed E-state index contributed by atoms with van der Waals surface area (Å²) in [6, 6.07) is -0.774. The van der Waals surface area contributed by atoms with Gasteiger partial charge < -0.3 is 15.7 Å². The Bertz CT molecular complexity index is 540. The molecular weight excluding hydrogens is 280 g/mol. The number of hydrogen-bond donors (Lipinski definition) is 3. The van der Waals surface area contributed by atoms with Crippen LogP contribution in [0.25, 0.3) is 0 Å². The Kier molecular flexibility index (Phi) is 7.64. The fourth-order valence-electron chi connectivity index (χ4n) is 1.75. The third-order valence-corrected chi connectivity index (χ3v) is 2.76. The van der Waals surface area contributed by atoms with Gasteiger partial charge in [-0.05, 0) is 11.6 Å². The molecule has 1 rings (SSSR count). The van der Waals surface area contributed by atoms with Crippen molar-refractivity contribution in [2.24, 2.45) is 0 Å². The summed E-state index contributed by atoms with van der Waals surface area (Å²) >= 11 is 0. The van der Waals surface area contributed by atoms with Gasteiger partial charge in [0.05, 0.1) is 0 Å². The number of carboxylic acids is 1. The topological polar surface area (TPSA) is 78.4 Å². The molecule has 0 bridgehead atoms. The minimum absolute atomic E-state index is 0.0265. The van der Waals surface area contributed by atoms with E-state index in [-0.39, 0.29) is 18.5 Å². The van der Waals surface area contributed by atoms with Crippen LogP contribution in [0.4, 0.5) is 0 Å². The van der Waals surface area contributed by atoms with Gasteiger partial charge in [-0.25, -0.2) is 0 Å². The number of carbonyl (C=O) groups excluding carboxylic acids is 1. The first-order valence-corrected chi connectivity index (χ1v) is 7.15. The highest BCUT2D eigenvalue weighted by atomic mass is 16.4. The lowest BCUT2D eigenvalue weighted by Crippen LogP contribution is -2.48. The molecule has 1 aliphatic carbocycles. The lowest BCUT2D eigenvalue weighted by atomic mass is 10.1. The van der Waals surface area contributed by atoms with E-state index in [1.54, 1.807) is 6.08 Å². The molecule has 118 valence electrons. The summed E-state index contributed by atoms with van der Waals surface area (Å²) in [6.45, 7) is 3.74. The monoisotopic (exact) mass is 302 g/mol. The van der Waals surface area contributed by atoms with Gasteiger partial charge in [0.1, 0.15) is 6.04 Å². The quantitative estimate of drug-likeness (QED) is 0.626. The van der Waals surface area contributed by atoms with E-state index in [1.165, 1.54) is 6.08 Å². The van der Waals surface area contributed by atoms with Crippen LogP contribution in [0.15, 0.2) is 60.3 Å². The van der Waals surface area contributed by atoms with Gasteiger partial charge in [-0.3, -0.25) is 9.59 Å². The highest BCUT2D eigenvalue weighted by Gasteiger charge is 2.18. The Morgan fingerprint density at radius 2 is 1.86 bits per heavy atom. The molecule has 1 amide bonds. The Morgan fingerprint density at radius 1 is 1.18 bits per heavy atom. The van der Waals surface area contributed by atoms with Crippen molar-refractivity contribution in [1.29, 1.82) is 0 Å². The van der Waals surface area contributed by atoms with Gasteiger partial charge in [-0.15, -0.1) is 0 Å². The van der Waals surface area contributed by atoms with Crippen LogP contribution in [-0.2, 0) is 9.59 Å². The number of allylic oxidation sites excluding steroid dienone is 9. The van der Waals surface area contributed by atoms with Crippen molar-refractivity contribution in [2.45, 2.75) is 25.9 Å². The smallest absolute Gasteiger partial charge is 0.322 e. The molecular formula is C17H22N2O3. The molecule has 0 radical (unpaired) electrons. The Labute approximate surface area is 130 Å². The molecule has 0 aromatic carbocycles. The fourth-order valence-corrected chi connectivity index (χ4v) is 1.75. The molecule has 5 nitrogen and oxygen atoms in total. The SMILES string of the molecule is CC(C)NC(CNC(=O)/C=C/C1=C/C=C\C=C\C=C\1)C(=O)O. The van der Waals surface area contributed by atoms with Crippen molar-refractivity contribution in [3.8, 4) is 0 Å². The second-order valence-electron chi connectivity index (χ2n) is 5.09. The zero-order chi connectivity index (χ0) is 16.4. The van der Waals surface area contributed by atoms with Crippen LogP contribution in [0.1, 0.15) is 13.8 Å². The predicted molar refractivity (Wildman–Crippen MR) is 87.3 cm³/mol. The molecule has 1 unspecified atom stereocenters. The van der Waals surface area contributed by atoms with Crippen molar-refractivity contribution < 1.29 is 14.7 Å². The van der Waals surface area contributed by atoms with E-state index in [4.69, 9.17) is 5.11 Å². The zero-order valence-electron chi connectivity index (χ0n) is 12.8. The number of amides is 1. The van der Waals surface area contributed by atoms with E-state index in [0.717, 1.165) is 5.57 Å². The Balaban J connectivity index is 2.51. The van der Waals surface area contributed by atoms with Crippen molar-refractivity contribution in [1.82, 2.24) is 10.6 Å². The molecule has 5 heteroatoms. The summed E-state index contributed by atoms with van der Waals surface area (Å²) in [5.74, 6) is -1.31. The molecule has 22 heavy (non-hydrogen) atoms. The molecule has 3 N–H and O–H groups in total. The standard InChI is InChI=1S/C17H22N2O3/c1-13(2)19-15(17(21)22)12-18-16(20)11-10-14-8-6-4-3-5-7-9-14/h3-11,13,15,19H,12H2,1-2H3,(H,18,20)(H,21,22)/b4-3+,5-3?,6-4?,7-5-,8-6+,9-7?,11-10+,14-8?,14-9+. The average molecular weight is 302 g/mol. The number of hydrogen-bond acceptors (Lipinski definition) is 3. The molecule has 0 saturated heterocycles. The summed E-state index contributed by atoms with van der Waals surface area (Å²) < 4.78 is 0. The largest absolute Gasteiger partial charge is 0.480 e. The fraction of sp³-hybridized carbons (Fsp3) is 0.294. The number of carboxylic acid groups (broad SMARTS) is 1. The first kappa shape index (κ1) is 17.7. The van der Waals surface area contributed by atoms with E-state index in [2.05, 4.69) is 10.6 Å². The molecule has 0 aromatic heterocycles. The molecule has 0 saturated carbocycles. The van der Waals surface area contributed by atoms with E-state index in [9.17, 15) is 9.59 Å². The number of nitrogens with one attached hydrogen (secondary N) is 2. The molecule has 1 aliphatic rings. The van der Waals surface area contributed by atoms with Crippen molar-refractivity contribution in [3.63, 3.8) is 0 Å². The maximum Gasteiger partial charge on any atom is 0.322 e. The minimum Gasteiger partial charge on any atom is -0.480 e. The lowest BCUT2D eigenvalue weighted by Gasteiger charge is -2.17. The first-order valence-electron chi connectivity index (χ1n) is 7.15. The van der Waals surface area contributed by atoms with Crippen molar-refractivity contribution in [3.05, 3.63) is 60.3 Å². The molecule has 0 aliphatic heterocycles. The van der Waals surface area contributed by atoms with Gasteiger partial charge in [0.25, 0.3) is 0 Å². The average Bonchev–Trinajstić information content (AvgIpc) is 2.41. The zero-order valence-corrected chi connectivity index (χ0v) is 12.8. The normalized spacial score (nSPS) is 22.2. The summed E-state index contributed by atoms with van der Waals surface area (Å²) in [5.41, 5.74) is 0.880. The van der Waals surface area contributed by atoms with Crippen LogP contribution >= 0.6 is 0 Å². The molecule has 0 spiro atoms. The summed E-state index contributed by atoms with van der Waals surface area (Å²) in [6.07, 6.45) is 16.3. The molecule has 0 fully saturated rings. The third-order valence-electron chi connectivity index (χ3n) is 2.76. The van der Waals surface area contributed by atoms with Gasteiger partial charge >= 0.3 is 5.97 Å². The summed E-state index contributed by atoms with van der Waals surface area (Å²) in [4.78, 5) is 22.8. The molecule has 1 atom stereocenters. The van der Waals surface area contributed by atoms with Crippen LogP contribution in [0.2, 0.25) is 0 Å². The summed E-state index contributed by atoms with van der Waals surface area (Å²) in [7, 11) is 0. The predicted octanol–water partition coefficient (Wildman–Crippen LogP) is 1.72. The van der Waals surface area contributed by atoms with Crippen molar-refractivity contribution >= 4 is 11.9 Å². The summed E-state index contributed by atoms with van der Waals surface area (Å²) in [5, 5.41) is 14.5. The second-order valence-corrected chi connectivity index (χ2v) is 5.09. The van der Waals surface area contributed by atoms with Crippen LogP contribution in [0.3, 0.4) is 0 Å². The number of rotatable bonds is 7. The second kappa shape index (κ2) is 9.52. The Hall–Kier alpha value is -2.40. The molecule has 0 heterocycles. The Morgan fingerprint density at radius 3 is 2.55 bits per heavy atom. The van der Waals surface area contributed by atoms with Crippen LogP contribution < -0.4 is 10.6 Å². The van der Waals surface area contributed by atoms with Gasteiger partial charge in [-0.2, -0.15) is 0 Å². The first-order chi connectivity index (χ1) is 10.5. The van der Waals surface area contributed by atoms with E-state index in [0.29, 0.717) is 0 Å². The third kappa shape index (κ3) is 7.40. The van der Waals surface area contributed by atoms with Gasteiger partial charge in [0, 0.05) is 18.7 Å². The van der Waals surface area contributed by atoms with Gasteiger partial charge in [-0.1, -0.05) is 56.4 Å². The van der Waals surface area contributed by atoms with Crippen LogP contribution in [0, 0.1) is 0 Å². The molecule has 0 aromatic rings. The van der Waals surface area contributed by atoms with Crippen LogP contribution in [0.5, 0.6) is 0 Å². The van der Waals surface area contributed by atoms with Gasteiger partial charge in [0.2, 0.25) is 5.91 Å². The highest BCUT2D eigenvalue weighted by molar-refractivity contribution is 5.88. The maximum atomic E-state index is 11.8. The maximum absolute atomic E-state index is 11.8. The van der Waals surface area contributed by atoms with E-state index < -0.39 is 12.0 Å². The van der Waals surface area contributed by atoms with Gasteiger partial charge in [0.15, 0.2) is 0 Å². The highest BCUT2D eigenvalue weighted by Crippen LogP contribution is 2.03. The number of carbonyl (C=O) groups is 2. The number of aliphatic carboxylic acids is 1. The minimum atomic E-state index is -0.986. The van der Waals surface area contributed by atoms with Crippen molar-refractivity contribution in [2.75, 3.05) is 6.54 Å². The lowest BCUT2D eigenvalue weighted by molar-refractivity contribution is -0.139. The van der Waals surface area contributed by atoms with E-state index >= 15 is 0 Å².